The molecule has 1 aromatic rings. The molecule has 1 atom stereocenters. The molecule has 0 aromatic heterocycles. The highest BCUT2D eigenvalue weighted by Crippen LogP contribution is 2.20. The van der Waals surface area contributed by atoms with Crippen LogP contribution in [-0.2, 0) is 0 Å². The zero-order valence-corrected chi connectivity index (χ0v) is 14.6. The second-order valence-corrected chi connectivity index (χ2v) is 5.86. The first kappa shape index (κ1) is 19.0. The molecule has 0 aliphatic carbocycles. The average Bonchev–Trinajstić information content (AvgIpc) is 2.55. The Labute approximate surface area is 136 Å². The summed E-state index contributed by atoms with van der Waals surface area (Å²) in [6.45, 7) is 10.5. The van der Waals surface area contributed by atoms with Gasteiger partial charge in [0.1, 0.15) is 5.75 Å². The Kier molecular flexibility index (Phi) is 9.93. The Bertz CT molecular complexity index is 378. The summed E-state index contributed by atoms with van der Waals surface area (Å²) in [6, 6.07) is 7.88. The van der Waals surface area contributed by atoms with Gasteiger partial charge in [-0.15, -0.1) is 0 Å². The van der Waals surface area contributed by atoms with Crippen molar-refractivity contribution in [3.8, 4) is 5.75 Å². The van der Waals surface area contributed by atoms with Gasteiger partial charge < -0.3 is 14.7 Å². The van der Waals surface area contributed by atoms with Gasteiger partial charge in [-0.25, -0.2) is 0 Å². The van der Waals surface area contributed by atoms with E-state index < -0.39 is 0 Å². The van der Waals surface area contributed by atoms with Crippen molar-refractivity contribution in [2.24, 2.45) is 0 Å². The van der Waals surface area contributed by atoms with Crippen molar-refractivity contribution in [1.82, 2.24) is 4.90 Å². The Balaban J connectivity index is 2.39. The summed E-state index contributed by atoms with van der Waals surface area (Å²) in [5, 5.41) is 10.3. The summed E-state index contributed by atoms with van der Waals surface area (Å²) >= 11 is 0. The van der Waals surface area contributed by atoms with Crippen molar-refractivity contribution in [2.75, 3.05) is 26.2 Å². The van der Waals surface area contributed by atoms with Crippen molar-refractivity contribution >= 4 is 0 Å². The molecule has 0 aliphatic heterocycles. The van der Waals surface area contributed by atoms with Crippen LogP contribution in [0.15, 0.2) is 24.3 Å². The van der Waals surface area contributed by atoms with E-state index in [0.29, 0.717) is 0 Å². The van der Waals surface area contributed by atoms with Gasteiger partial charge in [-0.3, -0.25) is 0 Å². The van der Waals surface area contributed by atoms with Crippen LogP contribution in [0.3, 0.4) is 0 Å². The van der Waals surface area contributed by atoms with Crippen LogP contribution in [0.1, 0.15) is 64.5 Å². The maximum Gasteiger partial charge on any atom is 0.119 e. The fraction of sp³-hybridized carbons (Fsp3) is 0.684. The monoisotopic (exact) mass is 307 g/mol. The van der Waals surface area contributed by atoms with Crippen molar-refractivity contribution in [2.45, 2.75) is 59.0 Å². The third-order valence-corrected chi connectivity index (χ3v) is 4.03. The zero-order chi connectivity index (χ0) is 16.2. The van der Waals surface area contributed by atoms with Gasteiger partial charge in [-0.05, 0) is 50.0 Å². The predicted octanol–water partition coefficient (Wildman–Crippen LogP) is 4.41. The molecule has 0 heterocycles. The van der Waals surface area contributed by atoms with E-state index in [-0.39, 0.29) is 6.10 Å². The Morgan fingerprint density at radius 1 is 1.00 bits per heavy atom. The molecule has 0 saturated heterocycles. The fourth-order valence-electron chi connectivity index (χ4n) is 2.40. The van der Waals surface area contributed by atoms with E-state index in [1.807, 2.05) is 24.3 Å². The Morgan fingerprint density at radius 2 is 1.68 bits per heavy atom. The van der Waals surface area contributed by atoms with E-state index >= 15 is 0 Å². The summed E-state index contributed by atoms with van der Waals surface area (Å²) in [4.78, 5) is 2.41. The van der Waals surface area contributed by atoms with Gasteiger partial charge in [0, 0.05) is 6.54 Å². The minimum Gasteiger partial charge on any atom is -0.494 e. The van der Waals surface area contributed by atoms with Gasteiger partial charge in [0.15, 0.2) is 0 Å². The molecule has 0 fully saturated rings. The molecule has 1 aromatic carbocycles. The summed E-state index contributed by atoms with van der Waals surface area (Å²) in [5.74, 6) is 0.891. The molecule has 3 nitrogen and oxygen atoms in total. The molecule has 0 amide bonds. The van der Waals surface area contributed by atoms with E-state index in [4.69, 9.17) is 4.74 Å². The van der Waals surface area contributed by atoms with E-state index in [9.17, 15) is 5.11 Å². The highest BCUT2D eigenvalue weighted by Gasteiger charge is 2.10. The lowest BCUT2D eigenvalue weighted by Gasteiger charge is -2.22. The van der Waals surface area contributed by atoms with Gasteiger partial charge in [-0.2, -0.15) is 0 Å². The molecule has 0 bridgehead atoms. The average molecular weight is 307 g/mol. The van der Waals surface area contributed by atoms with E-state index in [1.54, 1.807) is 0 Å². The van der Waals surface area contributed by atoms with Gasteiger partial charge in [0.2, 0.25) is 0 Å². The molecule has 22 heavy (non-hydrogen) atoms. The van der Waals surface area contributed by atoms with Crippen LogP contribution in [0.25, 0.3) is 0 Å². The lowest BCUT2D eigenvalue weighted by atomic mass is 10.1. The molecule has 3 heteroatoms. The predicted molar refractivity (Wildman–Crippen MR) is 93.4 cm³/mol. The first-order valence-electron chi connectivity index (χ1n) is 8.84. The maximum atomic E-state index is 10.3. The summed E-state index contributed by atoms with van der Waals surface area (Å²) in [7, 11) is 0. The topological polar surface area (TPSA) is 32.7 Å². The summed E-state index contributed by atoms with van der Waals surface area (Å²) < 4.78 is 5.65. The quantitative estimate of drug-likeness (QED) is 0.581. The van der Waals surface area contributed by atoms with Gasteiger partial charge in [0.05, 0.1) is 12.7 Å². The summed E-state index contributed by atoms with van der Waals surface area (Å²) in [5.41, 5.74) is 0.981. The number of unbranched alkanes of at least 4 members (excludes halogenated alkanes) is 2. The van der Waals surface area contributed by atoms with E-state index in [1.165, 1.54) is 12.8 Å². The number of ether oxygens (including phenoxy) is 1. The van der Waals surface area contributed by atoms with Crippen LogP contribution in [-0.4, -0.2) is 36.2 Å². The van der Waals surface area contributed by atoms with Gasteiger partial charge in [0.25, 0.3) is 0 Å². The molecule has 1 N–H and O–H groups in total. The molecule has 1 unspecified atom stereocenters. The fourth-order valence-corrected chi connectivity index (χ4v) is 2.40. The molecule has 126 valence electrons. The number of rotatable bonds is 12. The molecular weight excluding hydrogens is 274 g/mol. The molecule has 0 spiro atoms. The number of benzene rings is 1. The van der Waals surface area contributed by atoms with Gasteiger partial charge in [-0.1, -0.05) is 45.7 Å². The van der Waals surface area contributed by atoms with E-state index in [0.717, 1.165) is 56.8 Å². The zero-order valence-electron chi connectivity index (χ0n) is 14.6. The second kappa shape index (κ2) is 11.5. The van der Waals surface area contributed by atoms with Crippen molar-refractivity contribution < 1.29 is 9.84 Å². The van der Waals surface area contributed by atoms with Crippen molar-refractivity contribution in [3.63, 3.8) is 0 Å². The molecule has 1 rings (SSSR count). The number of aliphatic hydroxyl groups is 1. The lowest BCUT2D eigenvalue weighted by molar-refractivity contribution is 0.143. The third kappa shape index (κ3) is 7.28. The highest BCUT2D eigenvalue weighted by molar-refractivity contribution is 5.28. The second-order valence-electron chi connectivity index (χ2n) is 5.86. The number of aliphatic hydroxyl groups excluding tert-OH is 1. The first-order chi connectivity index (χ1) is 10.7. The maximum absolute atomic E-state index is 10.3. The standard InChI is InChI=1S/C19H33NO2/c1-4-7-14-20(6-3)15-13-19(21)17-9-11-18(12-10-17)22-16-8-5-2/h9-12,19,21H,4-8,13-16H2,1-3H3. The highest BCUT2D eigenvalue weighted by atomic mass is 16.5. The van der Waals surface area contributed by atoms with Crippen LogP contribution >= 0.6 is 0 Å². The normalized spacial score (nSPS) is 12.6. The van der Waals surface area contributed by atoms with Crippen LogP contribution in [0, 0.1) is 0 Å². The minimum absolute atomic E-state index is 0.389. The van der Waals surface area contributed by atoms with E-state index in [2.05, 4.69) is 25.7 Å². The first-order valence-corrected chi connectivity index (χ1v) is 8.84. The largest absolute Gasteiger partial charge is 0.494 e. The van der Waals surface area contributed by atoms with Crippen LogP contribution in [0.2, 0.25) is 0 Å². The summed E-state index contributed by atoms with van der Waals surface area (Å²) in [6.07, 6.45) is 5.07. The van der Waals surface area contributed by atoms with Gasteiger partial charge >= 0.3 is 0 Å². The Morgan fingerprint density at radius 3 is 2.27 bits per heavy atom. The minimum atomic E-state index is -0.389. The van der Waals surface area contributed by atoms with Crippen molar-refractivity contribution in [1.29, 1.82) is 0 Å². The van der Waals surface area contributed by atoms with Crippen LogP contribution in [0.5, 0.6) is 5.75 Å². The lowest BCUT2D eigenvalue weighted by Crippen LogP contribution is -2.26. The number of nitrogens with zero attached hydrogens (tertiary/aromatic N) is 1. The number of hydrogen-bond donors (Lipinski definition) is 1. The molecular formula is C19H33NO2. The van der Waals surface area contributed by atoms with Crippen LogP contribution in [0.4, 0.5) is 0 Å². The molecule has 0 saturated carbocycles. The molecule has 0 aliphatic rings. The van der Waals surface area contributed by atoms with Crippen LogP contribution < -0.4 is 4.74 Å². The smallest absolute Gasteiger partial charge is 0.119 e. The number of hydrogen-bond acceptors (Lipinski definition) is 3. The SMILES string of the molecule is CCCCOc1ccc(C(O)CCN(CC)CCCC)cc1. The van der Waals surface area contributed by atoms with Crippen molar-refractivity contribution in [3.05, 3.63) is 29.8 Å². The Hall–Kier alpha value is -1.06. The molecule has 0 radical (unpaired) electrons. The third-order valence-electron chi connectivity index (χ3n) is 4.03.